The van der Waals surface area contributed by atoms with Crippen LogP contribution < -0.4 is 15.4 Å². The predicted octanol–water partition coefficient (Wildman–Crippen LogP) is 5.08. The molecule has 0 saturated carbocycles. The van der Waals surface area contributed by atoms with Crippen LogP contribution in [0.5, 0.6) is 5.75 Å². The molecule has 2 N–H and O–H groups in total. The maximum atomic E-state index is 12.6. The zero-order valence-electron chi connectivity index (χ0n) is 18.8. The van der Waals surface area contributed by atoms with E-state index in [1.807, 2.05) is 65.3 Å². The first-order valence-corrected chi connectivity index (χ1v) is 11.2. The molecule has 5 rings (SSSR count). The minimum atomic E-state index is -0.315. The Morgan fingerprint density at radius 2 is 1.68 bits per heavy atom. The molecule has 1 aromatic heterocycles. The molecule has 34 heavy (non-hydrogen) atoms. The summed E-state index contributed by atoms with van der Waals surface area (Å²) in [6.07, 6.45) is 3.97. The van der Waals surface area contributed by atoms with Gasteiger partial charge in [0.2, 0.25) is 5.95 Å². The molecule has 2 heterocycles. The van der Waals surface area contributed by atoms with Gasteiger partial charge in [0.05, 0.1) is 19.2 Å². The third-order valence-electron chi connectivity index (χ3n) is 5.86. The van der Waals surface area contributed by atoms with Gasteiger partial charge in [-0.05, 0) is 29.7 Å². The Bertz CT molecular complexity index is 1300. The van der Waals surface area contributed by atoms with Crippen molar-refractivity contribution in [2.45, 2.75) is 18.5 Å². The summed E-state index contributed by atoms with van der Waals surface area (Å²) in [6.45, 7) is 0. The summed E-state index contributed by atoms with van der Waals surface area (Å²) in [5.74, 6) is 1.26. The summed E-state index contributed by atoms with van der Waals surface area (Å²) in [5.41, 5.74) is 3.14. The number of carbonyl (C=O) groups excluding carboxylic acids is 1. The van der Waals surface area contributed by atoms with E-state index in [2.05, 4.69) is 45.0 Å². The lowest BCUT2D eigenvalue weighted by atomic mass is 9.93. The second-order valence-electron chi connectivity index (χ2n) is 8.04. The Morgan fingerprint density at radius 3 is 2.41 bits per heavy atom. The SMILES string of the molecule is COc1ccccc1/C=C/C(=O)Nc1nc2n(n1)C(c1ccccc1)CC(c1ccccc1)N2. The average Bonchev–Trinajstić information content (AvgIpc) is 3.30. The largest absolute Gasteiger partial charge is 0.496 e. The van der Waals surface area contributed by atoms with Gasteiger partial charge in [-0.3, -0.25) is 10.1 Å². The Kier molecular flexibility index (Phi) is 6.07. The molecule has 0 bridgehead atoms. The number of carbonyl (C=O) groups is 1. The van der Waals surface area contributed by atoms with E-state index in [1.54, 1.807) is 13.2 Å². The van der Waals surface area contributed by atoms with Crippen molar-refractivity contribution in [1.29, 1.82) is 0 Å². The number of methoxy groups -OCH3 is 1. The van der Waals surface area contributed by atoms with E-state index < -0.39 is 0 Å². The summed E-state index contributed by atoms with van der Waals surface area (Å²) in [5, 5.41) is 10.9. The fraction of sp³-hybridized carbons (Fsp3) is 0.148. The van der Waals surface area contributed by atoms with Gasteiger partial charge in [-0.2, -0.15) is 4.98 Å². The van der Waals surface area contributed by atoms with Gasteiger partial charge in [0.15, 0.2) is 0 Å². The van der Waals surface area contributed by atoms with Crippen LogP contribution in [0.4, 0.5) is 11.9 Å². The van der Waals surface area contributed by atoms with Crippen LogP contribution in [0.2, 0.25) is 0 Å². The number of ether oxygens (including phenoxy) is 1. The van der Waals surface area contributed by atoms with Crippen LogP contribution >= 0.6 is 0 Å². The molecular weight excluding hydrogens is 426 g/mol. The van der Waals surface area contributed by atoms with Crippen molar-refractivity contribution in [1.82, 2.24) is 14.8 Å². The fourth-order valence-corrected chi connectivity index (χ4v) is 4.21. The van der Waals surface area contributed by atoms with Crippen molar-refractivity contribution in [3.8, 4) is 5.75 Å². The minimum Gasteiger partial charge on any atom is -0.496 e. The Hall–Kier alpha value is -4.39. The standard InChI is InChI=1S/C27H25N5O2/c1-34-24-15-9-8-14-21(24)16-17-25(33)29-26-30-27-28-22(19-10-4-2-5-11-19)18-23(32(27)31-26)20-12-6-3-7-13-20/h2-17,22-23H,18H2,1H3,(H2,28,29,30,31,33)/b17-16+. The monoisotopic (exact) mass is 451 g/mol. The average molecular weight is 452 g/mol. The third kappa shape index (κ3) is 4.54. The van der Waals surface area contributed by atoms with Gasteiger partial charge in [0, 0.05) is 11.6 Å². The molecular formula is C27H25N5O2. The van der Waals surface area contributed by atoms with Gasteiger partial charge in [-0.25, -0.2) is 4.68 Å². The second-order valence-corrected chi connectivity index (χ2v) is 8.04. The number of nitrogens with one attached hydrogen (secondary N) is 2. The molecule has 1 aliphatic heterocycles. The van der Waals surface area contributed by atoms with Gasteiger partial charge in [0.25, 0.3) is 11.9 Å². The van der Waals surface area contributed by atoms with Crippen LogP contribution in [0.25, 0.3) is 6.08 Å². The summed E-state index contributed by atoms with van der Waals surface area (Å²) in [7, 11) is 1.60. The van der Waals surface area contributed by atoms with Gasteiger partial charge < -0.3 is 10.1 Å². The van der Waals surface area contributed by atoms with Crippen molar-refractivity contribution in [2.24, 2.45) is 0 Å². The van der Waals surface area contributed by atoms with Gasteiger partial charge in [-0.1, -0.05) is 78.9 Å². The van der Waals surface area contributed by atoms with Crippen LogP contribution in [0.15, 0.2) is 91.0 Å². The lowest BCUT2D eigenvalue weighted by Gasteiger charge is -2.31. The molecule has 0 saturated heterocycles. The quantitative estimate of drug-likeness (QED) is 0.399. The number of nitrogens with zero attached hydrogens (tertiary/aromatic N) is 3. The molecule has 4 aromatic rings. The van der Waals surface area contributed by atoms with Crippen molar-refractivity contribution in [3.63, 3.8) is 0 Å². The predicted molar refractivity (Wildman–Crippen MR) is 133 cm³/mol. The normalized spacial score (nSPS) is 17.1. The number of anilines is 2. The summed E-state index contributed by atoms with van der Waals surface area (Å²) < 4.78 is 7.19. The maximum absolute atomic E-state index is 12.6. The molecule has 7 heteroatoms. The summed E-state index contributed by atoms with van der Waals surface area (Å²) in [4.78, 5) is 17.2. The lowest BCUT2D eigenvalue weighted by molar-refractivity contribution is -0.111. The molecule has 7 nitrogen and oxygen atoms in total. The van der Waals surface area contributed by atoms with E-state index in [1.165, 1.54) is 11.6 Å². The number of rotatable bonds is 6. The van der Waals surface area contributed by atoms with Crippen LogP contribution in [-0.4, -0.2) is 27.8 Å². The van der Waals surface area contributed by atoms with E-state index in [0.29, 0.717) is 11.7 Å². The molecule has 0 radical (unpaired) electrons. The number of amides is 1. The summed E-state index contributed by atoms with van der Waals surface area (Å²) in [6, 6.07) is 28.1. The Labute approximate surface area is 198 Å². The van der Waals surface area contributed by atoms with Gasteiger partial charge >= 0.3 is 0 Å². The molecule has 170 valence electrons. The number of benzene rings is 3. The Balaban J connectivity index is 1.40. The molecule has 2 unspecified atom stereocenters. The number of para-hydroxylation sites is 1. The molecule has 1 aliphatic rings. The van der Waals surface area contributed by atoms with E-state index in [4.69, 9.17) is 4.74 Å². The van der Waals surface area contributed by atoms with Crippen LogP contribution in [0.1, 0.15) is 35.2 Å². The molecule has 1 amide bonds. The zero-order chi connectivity index (χ0) is 23.3. The second kappa shape index (κ2) is 9.62. The highest BCUT2D eigenvalue weighted by Gasteiger charge is 2.31. The molecule has 0 fully saturated rings. The molecule has 3 aromatic carbocycles. The lowest BCUT2D eigenvalue weighted by Crippen LogP contribution is -2.28. The molecule has 2 atom stereocenters. The third-order valence-corrected chi connectivity index (χ3v) is 5.86. The van der Waals surface area contributed by atoms with E-state index in [-0.39, 0.29) is 23.9 Å². The number of hydrogen-bond acceptors (Lipinski definition) is 5. The number of hydrogen-bond donors (Lipinski definition) is 2. The maximum Gasteiger partial charge on any atom is 0.250 e. The highest BCUT2D eigenvalue weighted by Crippen LogP contribution is 2.38. The van der Waals surface area contributed by atoms with Crippen molar-refractivity contribution in [3.05, 3.63) is 108 Å². The van der Waals surface area contributed by atoms with Gasteiger partial charge in [-0.15, -0.1) is 5.10 Å². The van der Waals surface area contributed by atoms with E-state index in [0.717, 1.165) is 17.5 Å². The van der Waals surface area contributed by atoms with Crippen LogP contribution in [-0.2, 0) is 4.79 Å². The van der Waals surface area contributed by atoms with Crippen LogP contribution in [0, 0.1) is 0 Å². The molecule has 0 spiro atoms. The first-order valence-electron chi connectivity index (χ1n) is 11.2. The van der Waals surface area contributed by atoms with Gasteiger partial charge in [0.1, 0.15) is 5.75 Å². The van der Waals surface area contributed by atoms with E-state index >= 15 is 0 Å². The Morgan fingerprint density at radius 1 is 1.00 bits per heavy atom. The highest BCUT2D eigenvalue weighted by atomic mass is 16.5. The van der Waals surface area contributed by atoms with E-state index in [9.17, 15) is 4.79 Å². The number of aromatic nitrogens is 3. The first kappa shape index (κ1) is 21.5. The van der Waals surface area contributed by atoms with Crippen molar-refractivity contribution < 1.29 is 9.53 Å². The highest BCUT2D eigenvalue weighted by molar-refractivity contribution is 6.01. The summed E-state index contributed by atoms with van der Waals surface area (Å²) >= 11 is 0. The fourth-order valence-electron chi connectivity index (χ4n) is 4.21. The number of fused-ring (bicyclic) bond motifs is 1. The van der Waals surface area contributed by atoms with Crippen molar-refractivity contribution >= 4 is 23.9 Å². The molecule has 0 aliphatic carbocycles. The topological polar surface area (TPSA) is 81.1 Å². The minimum absolute atomic E-state index is 0.00932. The smallest absolute Gasteiger partial charge is 0.250 e. The zero-order valence-corrected chi connectivity index (χ0v) is 18.8. The van der Waals surface area contributed by atoms with Crippen molar-refractivity contribution in [2.75, 3.05) is 17.7 Å². The first-order chi connectivity index (χ1) is 16.7. The van der Waals surface area contributed by atoms with Crippen LogP contribution in [0.3, 0.4) is 0 Å².